The Morgan fingerprint density at radius 3 is 2.88 bits per heavy atom. The van der Waals surface area contributed by atoms with Crippen molar-refractivity contribution in [2.24, 2.45) is 0 Å². The van der Waals surface area contributed by atoms with Crippen LogP contribution in [-0.4, -0.2) is 67.0 Å². The summed E-state index contributed by atoms with van der Waals surface area (Å²) in [6.45, 7) is 4.07. The second kappa shape index (κ2) is 6.34. The van der Waals surface area contributed by atoms with Gasteiger partial charge in [0.15, 0.2) is 17.6 Å². The Balaban J connectivity index is 1.35. The standard InChI is InChI=1S/C17H20N2O6/c1-11(25-13-2-3-14-15(8-13)24-10-23-14)16(20)18-5-4-12(9-18)19-6-7-22-17(19)21/h2-3,8,11-12H,4-7,9-10H2,1H3. The Labute approximate surface area is 145 Å². The van der Waals surface area contributed by atoms with E-state index in [0.717, 1.165) is 6.42 Å². The van der Waals surface area contributed by atoms with Gasteiger partial charge in [-0.1, -0.05) is 0 Å². The number of cyclic esters (lactones) is 1. The Morgan fingerprint density at radius 1 is 1.24 bits per heavy atom. The van der Waals surface area contributed by atoms with Gasteiger partial charge in [-0.15, -0.1) is 0 Å². The highest BCUT2D eigenvalue weighted by atomic mass is 16.7. The third kappa shape index (κ3) is 3.04. The molecule has 3 aliphatic rings. The van der Waals surface area contributed by atoms with Crippen LogP contribution in [0.5, 0.6) is 17.2 Å². The van der Waals surface area contributed by atoms with E-state index < -0.39 is 6.10 Å². The normalized spacial score (nSPS) is 22.9. The molecule has 2 atom stereocenters. The van der Waals surface area contributed by atoms with Gasteiger partial charge in [0.25, 0.3) is 5.91 Å². The molecule has 0 spiro atoms. The van der Waals surface area contributed by atoms with Crippen molar-refractivity contribution in [3.63, 3.8) is 0 Å². The number of benzene rings is 1. The molecule has 3 heterocycles. The third-order valence-corrected chi connectivity index (χ3v) is 4.71. The molecule has 0 saturated carbocycles. The SMILES string of the molecule is CC(Oc1ccc2c(c1)OCO2)C(=O)N1CCC(N2CCOC2=O)C1. The number of carbonyl (C=O) groups excluding carboxylic acids is 2. The summed E-state index contributed by atoms with van der Waals surface area (Å²) in [5.74, 6) is 1.76. The van der Waals surface area contributed by atoms with Crippen molar-refractivity contribution in [1.29, 1.82) is 0 Å². The molecule has 1 aromatic rings. The Morgan fingerprint density at radius 2 is 2.08 bits per heavy atom. The average molecular weight is 348 g/mol. The maximum Gasteiger partial charge on any atom is 0.410 e. The summed E-state index contributed by atoms with van der Waals surface area (Å²) in [7, 11) is 0. The molecule has 0 N–H and O–H groups in total. The summed E-state index contributed by atoms with van der Waals surface area (Å²) in [6.07, 6.45) is -0.147. The highest BCUT2D eigenvalue weighted by Gasteiger charge is 2.37. The van der Waals surface area contributed by atoms with Crippen molar-refractivity contribution in [3.05, 3.63) is 18.2 Å². The topological polar surface area (TPSA) is 77.5 Å². The van der Waals surface area contributed by atoms with Crippen LogP contribution in [0.25, 0.3) is 0 Å². The largest absolute Gasteiger partial charge is 0.481 e. The van der Waals surface area contributed by atoms with Crippen LogP contribution in [0.3, 0.4) is 0 Å². The lowest BCUT2D eigenvalue weighted by Gasteiger charge is -2.24. The van der Waals surface area contributed by atoms with Gasteiger partial charge in [0.1, 0.15) is 12.4 Å². The molecule has 2 fully saturated rings. The monoisotopic (exact) mass is 348 g/mol. The first-order valence-electron chi connectivity index (χ1n) is 8.40. The minimum absolute atomic E-state index is 0.0247. The smallest absolute Gasteiger partial charge is 0.410 e. The van der Waals surface area contributed by atoms with Gasteiger partial charge < -0.3 is 23.8 Å². The first kappa shape index (κ1) is 15.9. The number of carbonyl (C=O) groups is 2. The maximum absolute atomic E-state index is 12.6. The quantitative estimate of drug-likeness (QED) is 0.815. The van der Waals surface area contributed by atoms with Gasteiger partial charge in [0.2, 0.25) is 6.79 Å². The van der Waals surface area contributed by atoms with Crippen LogP contribution < -0.4 is 14.2 Å². The second-order valence-electron chi connectivity index (χ2n) is 6.31. The molecule has 2 amide bonds. The van der Waals surface area contributed by atoms with Crippen molar-refractivity contribution >= 4 is 12.0 Å². The number of nitrogens with zero attached hydrogens (tertiary/aromatic N) is 2. The van der Waals surface area contributed by atoms with E-state index in [0.29, 0.717) is 43.5 Å². The number of ether oxygens (including phenoxy) is 4. The Kier molecular flexibility index (Phi) is 4.03. The van der Waals surface area contributed by atoms with Crippen LogP contribution in [0.15, 0.2) is 18.2 Å². The molecule has 2 unspecified atom stereocenters. The van der Waals surface area contributed by atoms with E-state index in [1.54, 1.807) is 34.9 Å². The van der Waals surface area contributed by atoms with E-state index in [2.05, 4.69) is 0 Å². The van der Waals surface area contributed by atoms with Crippen LogP contribution in [0, 0.1) is 0 Å². The van der Waals surface area contributed by atoms with Crippen LogP contribution in [0.2, 0.25) is 0 Å². The molecule has 3 aliphatic heterocycles. The lowest BCUT2D eigenvalue weighted by atomic mass is 10.2. The number of hydrogen-bond acceptors (Lipinski definition) is 6. The molecule has 1 aromatic carbocycles. The minimum Gasteiger partial charge on any atom is -0.481 e. The fourth-order valence-electron chi connectivity index (χ4n) is 3.40. The zero-order chi connectivity index (χ0) is 17.4. The Hall–Kier alpha value is -2.64. The molecular formula is C17H20N2O6. The van der Waals surface area contributed by atoms with Crippen molar-refractivity contribution in [2.75, 3.05) is 33.0 Å². The first-order chi connectivity index (χ1) is 12.1. The highest BCUT2D eigenvalue weighted by Crippen LogP contribution is 2.35. The number of hydrogen-bond donors (Lipinski definition) is 0. The first-order valence-corrected chi connectivity index (χ1v) is 8.40. The second-order valence-corrected chi connectivity index (χ2v) is 6.31. The number of fused-ring (bicyclic) bond motifs is 1. The lowest BCUT2D eigenvalue weighted by molar-refractivity contribution is -0.137. The van der Waals surface area contributed by atoms with E-state index >= 15 is 0 Å². The van der Waals surface area contributed by atoms with Gasteiger partial charge in [-0.05, 0) is 25.5 Å². The summed E-state index contributed by atoms with van der Waals surface area (Å²) in [5, 5.41) is 0. The van der Waals surface area contributed by atoms with Crippen molar-refractivity contribution < 1.29 is 28.5 Å². The molecule has 0 radical (unpaired) electrons. The molecule has 2 saturated heterocycles. The molecule has 8 nitrogen and oxygen atoms in total. The Bertz CT molecular complexity index is 694. The van der Waals surface area contributed by atoms with Gasteiger partial charge in [-0.25, -0.2) is 4.79 Å². The number of rotatable bonds is 4. The zero-order valence-electron chi connectivity index (χ0n) is 14.0. The molecular weight excluding hydrogens is 328 g/mol. The van der Waals surface area contributed by atoms with Gasteiger partial charge in [-0.3, -0.25) is 9.69 Å². The lowest BCUT2D eigenvalue weighted by Crippen LogP contribution is -2.42. The van der Waals surface area contributed by atoms with Crippen molar-refractivity contribution in [2.45, 2.75) is 25.5 Å². The summed E-state index contributed by atoms with van der Waals surface area (Å²) in [5.41, 5.74) is 0. The molecule has 134 valence electrons. The summed E-state index contributed by atoms with van der Waals surface area (Å²) in [6, 6.07) is 5.26. The summed E-state index contributed by atoms with van der Waals surface area (Å²) >= 11 is 0. The van der Waals surface area contributed by atoms with Gasteiger partial charge in [-0.2, -0.15) is 0 Å². The van der Waals surface area contributed by atoms with Gasteiger partial charge >= 0.3 is 6.09 Å². The van der Waals surface area contributed by atoms with Crippen molar-refractivity contribution in [3.8, 4) is 17.2 Å². The zero-order valence-corrected chi connectivity index (χ0v) is 14.0. The van der Waals surface area contributed by atoms with E-state index in [1.807, 2.05) is 0 Å². The van der Waals surface area contributed by atoms with Crippen LogP contribution >= 0.6 is 0 Å². The molecule has 0 aromatic heterocycles. The third-order valence-electron chi connectivity index (χ3n) is 4.71. The summed E-state index contributed by atoms with van der Waals surface area (Å²) < 4.78 is 21.3. The fourth-order valence-corrected chi connectivity index (χ4v) is 3.40. The molecule has 8 heteroatoms. The minimum atomic E-state index is -0.621. The predicted octanol–water partition coefficient (Wildman–Crippen LogP) is 1.24. The predicted molar refractivity (Wildman–Crippen MR) is 85.7 cm³/mol. The molecule has 0 bridgehead atoms. The summed E-state index contributed by atoms with van der Waals surface area (Å²) in [4.78, 5) is 27.7. The maximum atomic E-state index is 12.6. The molecule has 4 rings (SSSR count). The van der Waals surface area contributed by atoms with Crippen molar-refractivity contribution in [1.82, 2.24) is 9.80 Å². The van der Waals surface area contributed by atoms with E-state index in [4.69, 9.17) is 18.9 Å². The van der Waals surface area contributed by atoms with Gasteiger partial charge in [0, 0.05) is 19.2 Å². The van der Waals surface area contributed by atoms with Gasteiger partial charge in [0.05, 0.1) is 12.6 Å². The van der Waals surface area contributed by atoms with E-state index in [-0.39, 0.29) is 24.8 Å². The number of amides is 2. The molecule has 25 heavy (non-hydrogen) atoms. The number of likely N-dealkylation sites (tertiary alicyclic amines) is 1. The van der Waals surface area contributed by atoms with Crippen LogP contribution in [0.4, 0.5) is 4.79 Å². The van der Waals surface area contributed by atoms with Crippen LogP contribution in [0.1, 0.15) is 13.3 Å². The van der Waals surface area contributed by atoms with E-state index in [9.17, 15) is 9.59 Å². The molecule has 0 aliphatic carbocycles. The fraction of sp³-hybridized carbons (Fsp3) is 0.529. The average Bonchev–Trinajstić information content (AvgIpc) is 3.33. The van der Waals surface area contributed by atoms with Crippen LogP contribution in [-0.2, 0) is 9.53 Å². The van der Waals surface area contributed by atoms with E-state index in [1.165, 1.54) is 0 Å². The highest BCUT2D eigenvalue weighted by molar-refractivity contribution is 5.81.